The van der Waals surface area contributed by atoms with Crippen LogP contribution in [0, 0.1) is 0 Å². The Bertz CT molecular complexity index is 726. The highest BCUT2D eigenvalue weighted by Crippen LogP contribution is 2.26. The summed E-state index contributed by atoms with van der Waals surface area (Å²) in [5, 5.41) is 3.17. The molecule has 2 rings (SSSR count). The Kier molecular flexibility index (Phi) is 4.65. The summed E-state index contributed by atoms with van der Waals surface area (Å²) < 4.78 is 28.9. The summed E-state index contributed by atoms with van der Waals surface area (Å²) >= 11 is 0. The van der Waals surface area contributed by atoms with Gasteiger partial charge in [-0.3, -0.25) is 0 Å². The molecule has 0 bridgehead atoms. The molecule has 0 heterocycles. The summed E-state index contributed by atoms with van der Waals surface area (Å²) in [6.45, 7) is 2.06. The lowest BCUT2D eigenvalue weighted by Gasteiger charge is -2.13. The second kappa shape index (κ2) is 6.28. The van der Waals surface area contributed by atoms with Crippen LogP contribution in [0.4, 0.5) is 0 Å². The minimum Gasteiger partial charge on any atom is -0.457 e. The molecular weight excluding hydrogens is 286 g/mol. The highest BCUT2D eigenvalue weighted by Gasteiger charge is 2.09. The zero-order valence-corrected chi connectivity index (χ0v) is 13.1. The molecule has 0 spiro atoms. The summed E-state index contributed by atoms with van der Waals surface area (Å²) in [6.07, 6.45) is 1.18. The minimum absolute atomic E-state index is 0.218. The first kappa shape index (κ1) is 15.5. The molecular formula is C16H19NO3S. The Morgan fingerprint density at radius 2 is 1.67 bits per heavy atom. The number of sulfone groups is 1. The van der Waals surface area contributed by atoms with Crippen molar-refractivity contribution in [3.63, 3.8) is 0 Å². The third-order valence-electron chi connectivity index (χ3n) is 3.26. The SMILES string of the molecule is CNC(C)c1cccc(Oc2cccc(S(C)(=O)=O)c2)c1. The molecule has 0 amide bonds. The molecule has 0 aromatic heterocycles. The van der Waals surface area contributed by atoms with Crippen LogP contribution in [-0.4, -0.2) is 21.7 Å². The molecule has 1 N–H and O–H groups in total. The van der Waals surface area contributed by atoms with Gasteiger partial charge in [-0.05, 0) is 49.9 Å². The highest BCUT2D eigenvalue weighted by atomic mass is 32.2. The van der Waals surface area contributed by atoms with Crippen molar-refractivity contribution in [1.29, 1.82) is 0 Å². The minimum atomic E-state index is -3.23. The monoisotopic (exact) mass is 305 g/mol. The van der Waals surface area contributed by atoms with Crippen molar-refractivity contribution in [3.05, 3.63) is 54.1 Å². The van der Waals surface area contributed by atoms with Crippen LogP contribution in [0.1, 0.15) is 18.5 Å². The summed E-state index contributed by atoms with van der Waals surface area (Å²) in [6, 6.07) is 14.4. The summed E-state index contributed by atoms with van der Waals surface area (Å²) in [4.78, 5) is 0.250. The molecule has 0 aliphatic heterocycles. The molecule has 21 heavy (non-hydrogen) atoms. The molecule has 0 saturated carbocycles. The van der Waals surface area contributed by atoms with E-state index in [0.29, 0.717) is 11.5 Å². The number of ether oxygens (including phenoxy) is 1. The zero-order chi connectivity index (χ0) is 15.5. The van der Waals surface area contributed by atoms with E-state index in [1.807, 2.05) is 31.3 Å². The first-order chi connectivity index (χ1) is 9.90. The van der Waals surface area contributed by atoms with E-state index in [1.54, 1.807) is 18.2 Å². The molecule has 1 atom stereocenters. The number of benzene rings is 2. The smallest absolute Gasteiger partial charge is 0.175 e. The average Bonchev–Trinajstić information content (AvgIpc) is 2.46. The van der Waals surface area contributed by atoms with Crippen LogP contribution >= 0.6 is 0 Å². The predicted molar refractivity (Wildman–Crippen MR) is 83.5 cm³/mol. The second-order valence-electron chi connectivity index (χ2n) is 4.93. The van der Waals surface area contributed by atoms with Gasteiger partial charge in [0.2, 0.25) is 0 Å². The van der Waals surface area contributed by atoms with Gasteiger partial charge in [-0.1, -0.05) is 18.2 Å². The second-order valence-corrected chi connectivity index (χ2v) is 6.95. The van der Waals surface area contributed by atoms with E-state index in [9.17, 15) is 8.42 Å². The Hall–Kier alpha value is -1.85. The number of hydrogen-bond donors (Lipinski definition) is 1. The van der Waals surface area contributed by atoms with Gasteiger partial charge in [-0.25, -0.2) is 8.42 Å². The first-order valence-corrected chi connectivity index (χ1v) is 8.54. The van der Waals surface area contributed by atoms with Gasteiger partial charge in [0.15, 0.2) is 9.84 Å². The normalized spacial score (nSPS) is 12.9. The van der Waals surface area contributed by atoms with Gasteiger partial charge in [0.05, 0.1) is 4.90 Å². The highest BCUT2D eigenvalue weighted by molar-refractivity contribution is 7.90. The predicted octanol–water partition coefficient (Wildman–Crippen LogP) is 3.16. The molecule has 0 aliphatic rings. The van der Waals surface area contributed by atoms with Crippen molar-refractivity contribution < 1.29 is 13.2 Å². The van der Waals surface area contributed by atoms with Crippen molar-refractivity contribution in [2.75, 3.05) is 13.3 Å². The van der Waals surface area contributed by atoms with E-state index in [2.05, 4.69) is 12.2 Å². The van der Waals surface area contributed by atoms with Crippen LogP contribution in [0.15, 0.2) is 53.4 Å². The third-order valence-corrected chi connectivity index (χ3v) is 4.37. The molecule has 112 valence electrons. The molecule has 0 saturated heterocycles. The maximum atomic E-state index is 11.6. The fraction of sp³-hybridized carbons (Fsp3) is 0.250. The maximum Gasteiger partial charge on any atom is 0.175 e. The molecule has 5 heteroatoms. The zero-order valence-electron chi connectivity index (χ0n) is 12.3. The molecule has 4 nitrogen and oxygen atoms in total. The van der Waals surface area contributed by atoms with Crippen molar-refractivity contribution in [1.82, 2.24) is 5.32 Å². The standard InChI is InChI=1S/C16H19NO3S/c1-12(17-2)13-6-4-7-14(10-13)20-15-8-5-9-16(11-15)21(3,18)19/h4-12,17H,1-3H3. The summed E-state index contributed by atoms with van der Waals surface area (Å²) in [5.74, 6) is 1.19. The summed E-state index contributed by atoms with van der Waals surface area (Å²) in [5.41, 5.74) is 1.11. The average molecular weight is 305 g/mol. The maximum absolute atomic E-state index is 11.6. The molecule has 0 aliphatic carbocycles. The van der Waals surface area contributed by atoms with Crippen molar-refractivity contribution >= 4 is 9.84 Å². The number of nitrogens with one attached hydrogen (secondary N) is 1. The van der Waals surface area contributed by atoms with Crippen LogP contribution in [0.25, 0.3) is 0 Å². The lowest BCUT2D eigenvalue weighted by molar-refractivity contribution is 0.478. The quantitative estimate of drug-likeness (QED) is 0.922. The fourth-order valence-electron chi connectivity index (χ4n) is 1.92. The van der Waals surface area contributed by atoms with E-state index in [4.69, 9.17) is 4.74 Å². The van der Waals surface area contributed by atoms with Gasteiger partial charge in [-0.2, -0.15) is 0 Å². The van der Waals surface area contributed by atoms with Crippen LogP contribution in [0.2, 0.25) is 0 Å². The van der Waals surface area contributed by atoms with E-state index in [1.165, 1.54) is 12.3 Å². The Morgan fingerprint density at radius 1 is 1.05 bits per heavy atom. The van der Waals surface area contributed by atoms with E-state index < -0.39 is 9.84 Å². The van der Waals surface area contributed by atoms with Gasteiger partial charge in [0.25, 0.3) is 0 Å². The topological polar surface area (TPSA) is 55.4 Å². The number of hydrogen-bond acceptors (Lipinski definition) is 4. The van der Waals surface area contributed by atoms with Gasteiger partial charge in [0.1, 0.15) is 11.5 Å². The van der Waals surface area contributed by atoms with Gasteiger partial charge >= 0.3 is 0 Å². The van der Waals surface area contributed by atoms with Crippen LogP contribution in [0.5, 0.6) is 11.5 Å². The number of rotatable bonds is 5. The van der Waals surface area contributed by atoms with Gasteiger partial charge in [0, 0.05) is 12.3 Å². The molecule has 2 aromatic rings. The van der Waals surface area contributed by atoms with E-state index in [-0.39, 0.29) is 10.9 Å². The Labute approximate surface area is 125 Å². The first-order valence-electron chi connectivity index (χ1n) is 6.65. The Morgan fingerprint density at radius 3 is 2.29 bits per heavy atom. The van der Waals surface area contributed by atoms with E-state index >= 15 is 0 Å². The molecule has 0 fully saturated rings. The van der Waals surface area contributed by atoms with Gasteiger partial charge < -0.3 is 10.1 Å². The Balaban J connectivity index is 2.26. The third kappa shape index (κ3) is 4.06. The molecule has 2 aromatic carbocycles. The van der Waals surface area contributed by atoms with E-state index in [0.717, 1.165) is 5.56 Å². The fourth-order valence-corrected chi connectivity index (χ4v) is 2.57. The largest absolute Gasteiger partial charge is 0.457 e. The van der Waals surface area contributed by atoms with Gasteiger partial charge in [-0.15, -0.1) is 0 Å². The van der Waals surface area contributed by atoms with Crippen LogP contribution in [-0.2, 0) is 9.84 Å². The lowest BCUT2D eigenvalue weighted by atomic mass is 10.1. The van der Waals surface area contributed by atoms with Crippen LogP contribution < -0.4 is 10.1 Å². The van der Waals surface area contributed by atoms with Crippen molar-refractivity contribution in [2.45, 2.75) is 17.9 Å². The van der Waals surface area contributed by atoms with Crippen molar-refractivity contribution in [3.8, 4) is 11.5 Å². The lowest BCUT2D eigenvalue weighted by Crippen LogP contribution is -2.12. The molecule has 0 radical (unpaired) electrons. The van der Waals surface area contributed by atoms with Crippen molar-refractivity contribution in [2.24, 2.45) is 0 Å². The summed E-state index contributed by atoms with van der Waals surface area (Å²) in [7, 11) is -1.34. The van der Waals surface area contributed by atoms with Crippen LogP contribution in [0.3, 0.4) is 0 Å². The molecule has 1 unspecified atom stereocenters.